The molecule has 0 saturated carbocycles. The van der Waals surface area contributed by atoms with Crippen LogP contribution in [0.3, 0.4) is 0 Å². The minimum Gasteiger partial charge on any atom is -0.345 e. The number of nitrogens with one attached hydrogen (secondary N) is 1. The first-order valence-electron chi connectivity index (χ1n) is 8.03. The van der Waals surface area contributed by atoms with Crippen molar-refractivity contribution in [1.29, 1.82) is 0 Å². The first-order chi connectivity index (χ1) is 11.8. The first-order valence-corrected chi connectivity index (χ1v) is 8.03. The lowest BCUT2D eigenvalue weighted by Crippen LogP contribution is -2.31. The van der Waals surface area contributed by atoms with Gasteiger partial charge in [0.05, 0.1) is 11.7 Å². The smallest absolute Gasteiger partial charge is 0.251 e. The zero-order chi connectivity index (χ0) is 16.4. The van der Waals surface area contributed by atoms with Gasteiger partial charge in [0.25, 0.3) is 5.91 Å². The normalized spacial score (nSPS) is 16.4. The molecule has 3 aromatic rings. The highest BCUT2D eigenvalue weighted by atomic mass is 16.1. The van der Waals surface area contributed by atoms with Gasteiger partial charge >= 0.3 is 0 Å². The van der Waals surface area contributed by atoms with Crippen LogP contribution in [-0.4, -0.2) is 26.1 Å². The molecule has 4 rings (SSSR count). The Morgan fingerprint density at radius 2 is 2.08 bits per heavy atom. The van der Waals surface area contributed by atoms with E-state index in [1.807, 2.05) is 18.2 Å². The molecule has 1 aromatic heterocycles. The summed E-state index contributed by atoms with van der Waals surface area (Å²) < 4.78 is 1.53. The van der Waals surface area contributed by atoms with Crippen molar-refractivity contribution in [1.82, 2.24) is 25.5 Å². The van der Waals surface area contributed by atoms with Crippen molar-refractivity contribution in [3.05, 3.63) is 71.5 Å². The van der Waals surface area contributed by atoms with Crippen molar-refractivity contribution in [3.8, 4) is 5.69 Å². The van der Waals surface area contributed by atoms with E-state index in [1.165, 1.54) is 22.1 Å². The number of rotatable bonds is 3. The fourth-order valence-electron chi connectivity index (χ4n) is 3.21. The van der Waals surface area contributed by atoms with E-state index in [2.05, 4.69) is 39.0 Å². The minimum absolute atomic E-state index is 0.0687. The topological polar surface area (TPSA) is 72.7 Å². The number of amides is 1. The number of fused-ring (bicyclic) bond motifs is 1. The van der Waals surface area contributed by atoms with E-state index in [-0.39, 0.29) is 11.9 Å². The molecule has 24 heavy (non-hydrogen) atoms. The van der Waals surface area contributed by atoms with Crippen LogP contribution in [0.25, 0.3) is 5.69 Å². The molecular formula is C18H17N5O. The molecule has 1 unspecified atom stereocenters. The van der Waals surface area contributed by atoms with Crippen LogP contribution in [0, 0.1) is 0 Å². The molecule has 1 N–H and O–H groups in total. The van der Waals surface area contributed by atoms with Crippen LogP contribution >= 0.6 is 0 Å². The zero-order valence-corrected chi connectivity index (χ0v) is 13.1. The van der Waals surface area contributed by atoms with Gasteiger partial charge in [0.15, 0.2) is 0 Å². The second kappa shape index (κ2) is 6.23. The molecule has 0 aliphatic heterocycles. The molecule has 2 aromatic carbocycles. The Morgan fingerprint density at radius 3 is 2.96 bits per heavy atom. The highest BCUT2D eigenvalue weighted by Crippen LogP contribution is 2.29. The maximum Gasteiger partial charge on any atom is 0.251 e. The second-order valence-corrected chi connectivity index (χ2v) is 5.92. The molecule has 1 amide bonds. The van der Waals surface area contributed by atoms with Crippen molar-refractivity contribution >= 4 is 5.91 Å². The summed E-state index contributed by atoms with van der Waals surface area (Å²) in [5, 5.41) is 14.3. The number of carbonyl (C=O) groups excluding carboxylic acids is 1. The lowest BCUT2D eigenvalue weighted by atomic mass is 9.87. The molecule has 6 heteroatoms. The van der Waals surface area contributed by atoms with Gasteiger partial charge in [-0.05, 0) is 59.0 Å². The Balaban J connectivity index is 1.56. The lowest BCUT2D eigenvalue weighted by Gasteiger charge is -2.26. The minimum atomic E-state index is -0.0772. The van der Waals surface area contributed by atoms with Crippen LogP contribution in [0.1, 0.15) is 40.4 Å². The van der Waals surface area contributed by atoms with Gasteiger partial charge in [0.1, 0.15) is 6.33 Å². The molecule has 1 heterocycles. The summed E-state index contributed by atoms with van der Waals surface area (Å²) in [7, 11) is 0. The summed E-state index contributed by atoms with van der Waals surface area (Å²) in [5.41, 5.74) is 3.92. The predicted octanol–water partition coefficient (Wildman–Crippen LogP) is 2.47. The van der Waals surface area contributed by atoms with Crippen molar-refractivity contribution < 1.29 is 4.79 Å². The molecule has 1 atom stereocenters. The third kappa shape index (κ3) is 2.78. The molecule has 120 valence electrons. The predicted molar refractivity (Wildman–Crippen MR) is 88.7 cm³/mol. The number of carbonyl (C=O) groups is 1. The number of aryl methyl sites for hydroxylation is 1. The summed E-state index contributed by atoms with van der Waals surface area (Å²) in [6.45, 7) is 0. The summed E-state index contributed by atoms with van der Waals surface area (Å²) >= 11 is 0. The van der Waals surface area contributed by atoms with Gasteiger partial charge in [0.2, 0.25) is 0 Å². The summed E-state index contributed by atoms with van der Waals surface area (Å²) in [4.78, 5) is 12.7. The van der Waals surface area contributed by atoms with E-state index in [1.54, 1.807) is 12.1 Å². The average molecular weight is 319 g/mol. The maximum absolute atomic E-state index is 12.7. The zero-order valence-electron chi connectivity index (χ0n) is 13.1. The molecule has 0 bridgehead atoms. The Bertz CT molecular complexity index is 859. The van der Waals surface area contributed by atoms with E-state index in [0.29, 0.717) is 5.56 Å². The highest BCUT2D eigenvalue weighted by molar-refractivity contribution is 5.95. The SMILES string of the molecule is O=C(NC1CCCc2ccccc21)c1cccc(-n2cnnn2)c1. The Labute approximate surface area is 139 Å². The highest BCUT2D eigenvalue weighted by Gasteiger charge is 2.22. The maximum atomic E-state index is 12.7. The molecule has 6 nitrogen and oxygen atoms in total. The van der Waals surface area contributed by atoms with E-state index in [9.17, 15) is 4.79 Å². The van der Waals surface area contributed by atoms with Gasteiger partial charge in [-0.3, -0.25) is 4.79 Å². The van der Waals surface area contributed by atoms with Crippen molar-refractivity contribution in [2.75, 3.05) is 0 Å². The number of tetrazole rings is 1. The number of benzene rings is 2. The van der Waals surface area contributed by atoms with E-state index >= 15 is 0 Å². The lowest BCUT2D eigenvalue weighted by molar-refractivity contribution is 0.0932. The van der Waals surface area contributed by atoms with E-state index < -0.39 is 0 Å². The Morgan fingerprint density at radius 1 is 1.17 bits per heavy atom. The molecule has 0 fully saturated rings. The van der Waals surface area contributed by atoms with Crippen LogP contribution in [0.15, 0.2) is 54.9 Å². The van der Waals surface area contributed by atoms with Crippen LogP contribution in [0.5, 0.6) is 0 Å². The quantitative estimate of drug-likeness (QED) is 0.805. The molecule has 1 aliphatic rings. The largest absolute Gasteiger partial charge is 0.345 e. The third-order valence-electron chi connectivity index (χ3n) is 4.40. The van der Waals surface area contributed by atoms with Gasteiger partial charge < -0.3 is 5.32 Å². The van der Waals surface area contributed by atoms with Crippen LogP contribution in [0.4, 0.5) is 0 Å². The van der Waals surface area contributed by atoms with Crippen molar-refractivity contribution in [3.63, 3.8) is 0 Å². The van der Waals surface area contributed by atoms with Gasteiger partial charge in [-0.25, -0.2) is 4.68 Å². The third-order valence-corrected chi connectivity index (χ3v) is 4.40. The van der Waals surface area contributed by atoms with Crippen LogP contribution < -0.4 is 5.32 Å². The number of aromatic nitrogens is 4. The van der Waals surface area contributed by atoms with Gasteiger partial charge in [0, 0.05) is 5.56 Å². The van der Waals surface area contributed by atoms with Crippen LogP contribution in [-0.2, 0) is 6.42 Å². The standard InChI is InChI=1S/C18H17N5O/c24-18(14-7-3-8-15(11-14)23-12-19-21-22-23)20-17-10-4-6-13-5-1-2-9-16(13)17/h1-3,5,7-9,11-12,17H,4,6,10H2,(H,20,24). The molecule has 0 spiro atoms. The average Bonchev–Trinajstić information content (AvgIpc) is 3.17. The number of hydrogen-bond acceptors (Lipinski definition) is 4. The molecular weight excluding hydrogens is 302 g/mol. The number of hydrogen-bond donors (Lipinski definition) is 1. The fourth-order valence-corrected chi connectivity index (χ4v) is 3.21. The van der Waals surface area contributed by atoms with Crippen LogP contribution in [0.2, 0.25) is 0 Å². The van der Waals surface area contributed by atoms with Gasteiger partial charge in [-0.2, -0.15) is 0 Å². The Hall–Kier alpha value is -3.02. The second-order valence-electron chi connectivity index (χ2n) is 5.92. The van der Waals surface area contributed by atoms with E-state index in [0.717, 1.165) is 24.9 Å². The van der Waals surface area contributed by atoms with Crippen molar-refractivity contribution in [2.24, 2.45) is 0 Å². The molecule has 0 radical (unpaired) electrons. The fraction of sp³-hybridized carbons (Fsp3) is 0.222. The summed E-state index contributed by atoms with van der Waals surface area (Å²) in [6.07, 6.45) is 4.65. The summed E-state index contributed by atoms with van der Waals surface area (Å²) in [5.74, 6) is -0.0772. The molecule has 1 aliphatic carbocycles. The summed E-state index contributed by atoms with van der Waals surface area (Å²) in [6, 6.07) is 15.7. The number of nitrogens with zero attached hydrogens (tertiary/aromatic N) is 4. The first kappa shape index (κ1) is 14.6. The monoisotopic (exact) mass is 319 g/mol. The van der Waals surface area contributed by atoms with Gasteiger partial charge in [-0.1, -0.05) is 30.3 Å². The Kier molecular flexibility index (Phi) is 3.78. The van der Waals surface area contributed by atoms with Gasteiger partial charge in [-0.15, -0.1) is 5.10 Å². The molecule has 0 saturated heterocycles. The van der Waals surface area contributed by atoms with Crippen molar-refractivity contribution in [2.45, 2.75) is 25.3 Å². The van der Waals surface area contributed by atoms with E-state index in [4.69, 9.17) is 0 Å².